The summed E-state index contributed by atoms with van der Waals surface area (Å²) in [6.07, 6.45) is 4.75. The Morgan fingerprint density at radius 1 is 1.30 bits per heavy atom. The van der Waals surface area contributed by atoms with Crippen LogP contribution < -0.4 is 5.32 Å². The number of rotatable bonds is 3. The van der Waals surface area contributed by atoms with Crippen molar-refractivity contribution in [2.45, 2.75) is 26.3 Å². The average molecular weight is 272 g/mol. The monoisotopic (exact) mass is 272 g/mol. The van der Waals surface area contributed by atoms with Gasteiger partial charge in [0, 0.05) is 24.7 Å². The lowest BCUT2D eigenvalue weighted by Gasteiger charge is -2.34. The first-order valence-electron chi connectivity index (χ1n) is 7.65. The number of nitrogens with one attached hydrogen (secondary N) is 1. The molecule has 2 N–H and O–H groups in total. The molecule has 2 aliphatic heterocycles. The van der Waals surface area contributed by atoms with Gasteiger partial charge < -0.3 is 15.3 Å². The van der Waals surface area contributed by atoms with E-state index in [1.807, 2.05) is 0 Å². The van der Waals surface area contributed by atoms with Crippen LogP contribution >= 0.6 is 0 Å². The number of aliphatic hydroxyl groups is 1. The molecule has 1 aromatic rings. The Kier molecular flexibility index (Phi) is 4.08. The first kappa shape index (κ1) is 13.7. The molecule has 0 radical (unpaired) electrons. The van der Waals surface area contributed by atoms with E-state index in [0.717, 1.165) is 26.2 Å². The van der Waals surface area contributed by atoms with Gasteiger partial charge in [0.1, 0.15) is 0 Å². The van der Waals surface area contributed by atoms with E-state index in [-0.39, 0.29) is 6.61 Å². The highest BCUT2D eigenvalue weighted by Crippen LogP contribution is 2.29. The third-order valence-electron chi connectivity index (χ3n) is 4.64. The summed E-state index contributed by atoms with van der Waals surface area (Å²) in [4.78, 5) is 2.36. The van der Waals surface area contributed by atoms with Gasteiger partial charge in [-0.1, -0.05) is 18.2 Å². The van der Waals surface area contributed by atoms with Crippen LogP contribution in [-0.2, 0) is 6.54 Å². The van der Waals surface area contributed by atoms with Gasteiger partial charge in [0.25, 0.3) is 0 Å². The topological polar surface area (TPSA) is 35.5 Å². The fourth-order valence-electron chi connectivity index (χ4n) is 3.38. The summed E-state index contributed by atoms with van der Waals surface area (Å²) < 4.78 is 0. The molecule has 0 bridgehead atoms. The largest absolute Gasteiger partial charge is 0.395 e. The summed E-state index contributed by atoms with van der Waals surface area (Å²) in [5.41, 5.74) is 5.61. The van der Waals surface area contributed by atoms with Crippen molar-refractivity contribution < 1.29 is 5.11 Å². The Morgan fingerprint density at radius 3 is 2.85 bits per heavy atom. The number of nitrogens with zero attached hydrogens (tertiary/aromatic N) is 1. The number of likely N-dealkylation sites (tertiary alicyclic amines) is 1. The second-order valence-corrected chi connectivity index (χ2v) is 5.94. The lowest BCUT2D eigenvalue weighted by atomic mass is 9.88. The molecular formula is C17H24N2O. The molecule has 20 heavy (non-hydrogen) atoms. The van der Waals surface area contributed by atoms with Crippen LogP contribution in [0.2, 0.25) is 0 Å². The fourth-order valence-corrected chi connectivity index (χ4v) is 3.38. The van der Waals surface area contributed by atoms with Crippen LogP contribution in [0, 0.1) is 12.8 Å². The van der Waals surface area contributed by atoms with E-state index < -0.39 is 0 Å². The van der Waals surface area contributed by atoms with Crippen molar-refractivity contribution in [3.63, 3.8) is 0 Å². The average Bonchev–Trinajstić information content (AvgIpc) is 2.49. The molecule has 0 amide bonds. The zero-order chi connectivity index (χ0) is 13.9. The number of hydrogen-bond acceptors (Lipinski definition) is 3. The lowest BCUT2D eigenvalue weighted by Crippen LogP contribution is -2.38. The number of benzene rings is 1. The summed E-state index contributed by atoms with van der Waals surface area (Å²) in [5.74, 6) is 0.651. The van der Waals surface area contributed by atoms with Crippen molar-refractivity contribution in [3.05, 3.63) is 40.6 Å². The highest BCUT2D eigenvalue weighted by atomic mass is 16.3. The maximum atomic E-state index is 9.01. The van der Waals surface area contributed by atoms with Crippen LogP contribution in [-0.4, -0.2) is 36.2 Å². The maximum absolute atomic E-state index is 9.01. The zero-order valence-electron chi connectivity index (χ0n) is 12.2. The van der Waals surface area contributed by atoms with Gasteiger partial charge in [0.2, 0.25) is 0 Å². The fraction of sp³-hybridized carbons (Fsp3) is 0.529. The Morgan fingerprint density at radius 2 is 2.10 bits per heavy atom. The normalized spacial score (nSPS) is 20.2. The number of aryl methyl sites for hydroxylation is 1. The van der Waals surface area contributed by atoms with E-state index in [4.69, 9.17) is 5.11 Å². The van der Waals surface area contributed by atoms with E-state index >= 15 is 0 Å². The Bertz CT molecular complexity index is 502. The molecule has 3 nitrogen and oxygen atoms in total. The molecule has 3 rings (SSSR count). The molecule has 3 heteroatoms. The van der Waals surface area contributed by atoms with Gasteiger partial charge in [-0.3, -0.25) is 0 Å². The van der Waals surface area contributed by atoms with Crippen LogP contribution in [0.4, 0.5) is 0 Å². The number of allylic oxidation sites excluding steroid dienone is 1. The zero-order valence-corrected chi connectivity index (χ0v) is 12.2. The predicted molar refractivity (Wildman–Crippen MR) is 82.2 cm³/mol. The Balaban J connectivity index is 1.72. The number of aliphatic hydroxyl groups excluding tert-OH is 1. The number of piperidine rings is 1. The van der Waals surface area contributed by atoms with Crippen molar-refractivity contribution in [2.24, 2.45) is 5.92 Å². The smallest absolute Gasteiger partial charge is 0.0558 e. The van der Waals surface area contributed by atoms with Crippen LogP contribution in [0.3, 0.4) is 0 Å². The van der Waals surface area contributed by atoms with E-state index in [2.05, 4.69) is 41.4 Å². The van der Waals surface area contributed by atoms with E-state index in [1.54, 1.807) is 0 Å². The maximum Gasteiger partial charge on any atom is 0.0558 e. The SMILES string of the molecule is Cc1cccc2c1C=C(C1CCN(CCO)CC1)NC2. The van der Waals surface area contributed by atoms with E-state index in [9.17, 15) is 0 Å². The highest BCUT2D eigenvalue weighted by Gasteiger charge is 2.24. The van der Waals surface area contributed by atoms with Gasteiger partial charge in [-0.15, -0.1) is 0 Å². The molecular weight excluding hydrogens is 248 g/mol. The minimum atomic E-state index is 0.276. The van der Waals surface area contributed by atoms with E-state index in [0.29, 0.717) is 5.92 Å². The molecule has 108 valence electrons. The summed E-state index contributed by atoms with van der Waals surface area (Å²) in [6, 6.07) is 6.55. The first-order chi connectivity index (χ1) is 9.78. The van der Waals surface area contributed by atoms with Crippen molar-refractivity contribution in [1.29, 1.82) is 0 Å². The third-order valence-corrected chi connectivity index (χ3v) is 4.64. The molecule has 0 unspecified atom stereocenters. The molecule has 0 saturated carbocycles. The number of β-amino-alcohol motifs (C(OH)–C–C–N with tert-alkyl or cyclic N) is 1. The van der Waals surface area contributed by atoms with Crippen LogP contribution in [0.15, 0.2) is 23.9 Å². The van der Waals surface area contributed by atoms with Crippen LogP contribution in [0.25, 0.3) is 6.08 Å². The van der Waals surface area contributed by atoms with Crippen molar-refractivity contribution in [3.8, 4) is 0 Å². The van der Waals surface area contributed by atoms with Crippen LogP contribution in [0.5, 0.6) is 0 Å². The number of hydrogen-bond donors (Lipinski definition) is 2. The predicted octanol–water partition coefficient (Wildman–Crippen LogP) is 2.14. The van der Waals surface area contributed by atoms with Crippen molar-refractivity contribution in [2.75, 3.05) is 26.2 Å². The Hall–Kier alpha value is -1.32. The van der Waals surface area contributed by atoms with Gasteiger partial charge in [0.15, 0.2) is 0 Å². The molecule has 0 aromatic heterocycles. The summed E-state index contributed by atoms with van der Waals surface area (Å²) in [7, 11) is 0. The van der Waals surface area contributed by atoms with Gasteiger partial charge in [-0.25, -0.2) is 0 Å². The molecule has 0 spiro atoms. The van der Waals surface area contributed by atoms with Gasteiger partial charge in [0.05, 0.1) is 6.61 Å². The van der Waals surface area contributed by atoms with E-state index in [1.165, 1.54) is 35.2 Å². The summed E-state index contributed by atoms with van der Waals surface area (Å²) in [5, 5.41) is 12.6. The van der Waals surface area contributed by atoms with Gasteiger partial charge in [-0.05, 0) is 55.6 Å². The highest BCUT2D eigenvalue weighted by molar-refractivity contribution is 5.62. The molecule has 0 atom stereocenters. The number of fused-ring (bicyclic) bond motifs is 1. The van der Waals surface area contributed by atoms with Crippen molar-refractivity contribution in [1.82, 2.24) is 10.2 Å². The standard InChI is InChI=1S/C17H24N2O/c1-13-3-2-4-15-12-18-17(11-16(13)15)14-5-7-19(8-6-14)9-10-20/h2-4,11,14,18,20H,5-10,12H2,1H3. The third kappa shape index (κ3) is 2.74. The quantitative estimate of drug-likeness (QED) is 0.885. The molecule has 2 heterocycles. The minimum absolute atomic E-state index is 0.276. The molecule has 2 aliphatic rings. The summed E-state index contributed by atoms with van der Waals surface area (Å²) in [6.45, 7) is 6.46. The first-order valence-corrected chi connectivity index (χ1v) is 7.65. The lowest BCUT2D eigenvalue weighted by molar-refractivity contribution is 0.155. The Labute approximate surface area is 121 Å². The minimum Gasteiger partial charge on any atom is -0.395 e. The van der Waals surface area contributed by atoms with Gasteiger partial charge in [-0.2, -0.15) is 0 Å². The van der Waals surface area contributed by atoms with Crippen LogP contribution in [0.1, 0.15) is 29.5 Å². The molecule has 1 fully saturated rings. The van der Waals surface area contributed by atoms with Crippen molar-refractivity contribution >= 4 is 6.08 Å². The summed E-state index contributed by atoms with van der Waals surface area (Å²) >= 11 is 0. The molecule has 1 saturated heterocycles. The second kappa shape index (κ2) is 5.98. The molecule has 0 aliphatic carbocycles. The second-order valence-electron chi connectivity index (χ2n) is 5.94. The molecule has 1 aromatic carbocycles. The van der Waals surface area contributed by atoms with Gasteiger partial charge >= 0.3 is 0 Å².